The van der Waals surface area contributed by atoms with Crippen LogP contribution in [0.1, 0.15) is 37.9 Å². The molecule has 0 amide bonds. The van der Waals surface area contributed by atoms with Crippen molar-refractivity contribution in [1.29, 1.82) is 0 Å². The van der Waals surface area contributed by atoms with Gasteiger partial charge in [-0.05, 0) is 24.5 Å². The lowest BCUT2D eigenvalue weighted by atomic mass is 10.1. The van der Waals surface area contributed by atoms with Crippen LogP contribution in [0.5, 0.6) is 0 Å². The van der Waals surface area contributed by atoms with Gasteiger partial charge < -0.3 is 5.11 Å². The maximum absolute atomic E-state index is 9.41. The minimum absolute atomic E-state index is 0.227. The fourth-order valence-corrected chi connectivity index (χ4v) is 2.63. The molecule has 1 aliphatic rings. The number of hydrogen-bond acceptors (Lipinski definition) is 4. The van der Waals surface area contributed by atoms with Crippen LogP contribution in [0.4, 0.5) is 0 Å². The molecule has 1 atom stereocenters. The Morgan fingerprint density at radius 2 is 1.75 bits per heavy atom. The van der Waals surface area contributed by atoms with E-state index < -0.39 is 0 Å². The SMILES string of the molecule is CC(O)CN1CCN(Cc2ccc(C(C)C)nc2)CC1. The Hall–Kier alpha value is -0.970. The van der Waals surface area contributed by atoms with E-state index in [0.29, 0.717) is 5.92 Å². The Labute approximate surface area is 122 Å². The van der Waals surface area contributed by atoms with Crippen LogP contribution >= 0.6 is 0 Å². The Balaban J connectivity index is 1.80. The first-order valence-corrected chi connectivity index (χ1v) is 7.62. The quantitative estimate of drug-likeness (QED) is 0.889. The van der Waals surface area contributed by atoms with Gasteiger partial charge in [-0.2, -0.15) is 0 Å². The highest BCUT2D eigenvalue weighted by molar-refractivity contribution is 5.16. The van der Waals surface area contributed by atoms with E-state index in [0.717, 1.165) is 45.0 Å². The summed E-state index contributed by atoms with van der Waals surface area (Å²) < 4.78 is 0. The van der Waals surface area contributed by atoms with Gasteiger partial charge in [-0.3, -0.25) is 14.8 Å². The summed E-state index contributed by atoms with van der Waals surface area (Å²) in [6.45, 7) is 12.2. The molecule has 2 rings (SSSR count). The van der Waals surface area contributed by atoms with Crippen molar-refractivity contribution in [3.05, 3.63) is 29.6 Å². The second-order valence-corrected chi connectivity index (χ2v) is 6.17. The van der Waals surface area contributed by atoms with Crippen molar-refractivity contribution in [2.75, 3.05) is 32.7 Å². The summed E-state index contributed by atoms with van der Waals surface area (Å²) in [4.78, 5) is 9.33. The van der Waals surface area contributed by atoms with Crippen LogP contribution in [0, 0.1) is 0 Å². The monoisotopic (exact) mass is 277 g/mol. The summed E-state index contributed by atoms with van der Waals surface area (Å²) in [6, 6.07) is 4.34. The number of piperazine rings is 1. The van der Waals surface area contributed by atoms with Crippen LogP contribution in [-0.4, -0.2) is 58.7 Å². The molecule has 2 heterocycles. The van der Waals surface area contributed by atoms with Gasteiger partial charge in [-0.15, -0.1) is 0 Å². The van der Waals surface area contributed by atoms with Crippen LogP contribution in [0.3, 0.4) is 0 Å². The van der Waals surface area contributed by atoms with Crippen LogP contribution in [-0.2, 0) is 6.54 Å². The largest absolute Gasteiger partial charge is 0.392 e. The molecule has 0 saturated carbocycles. The lowest BCUT2D eigenvalue weighted by molar-refractivity contribution is 0.0780. The first kappa shape index (κ1) is 15.4. The average Bonchev–Trinajstić information content (AvgIpc) is 2.41. The van der Waals surface area contributed by atoms with Crippen LogP contribution in [0.2, 0.25) is 0 Å². The lowest BCUT2D eigenvalue weighted by Crippen LogP contribution is -2.47. The third-order valence-corrected chi connectivity index (χ3v) is 3.83. The van der Waals surface area contributed by atoms with Crippen molar-refractivity contribution in [3.63, 3.8) is 0 Å². The smallest absolute Gasteiger partial charge is 0.0639 e. The number of aromatic nitrogens is 1. The van der Waals surface area contributed by atoms with Gasteiger partial charge in [0.05, 0.1) is 6.10 Å². The number of hydrogen-bond donors (Lipinski definition) is 1. The molecule has 0 aromatic carbocycles. The van der Waals surface area contributed by atoms with Crippen molar-refractivity contribution in [3.8, 4) is 0 Å². The van der Waals surface area contributed by atoms with Crippen LogP contribution in [0.25, 0.3) is 0 Å². The predicted molar refractivity (Wildman–Crippen MR) is 81.7 cm³/mol. The zero-order chi connectivity index (χ0) is 14.5. The molecule has 112 valence electrons. The molecule has 1 aromatic rings. The van der Waals surface area contributed by atoms with E-state index in [1.807, 2.05) is 13.1 Å². The zero-order valence-electron chi connectivity index (χ0n) is 12.9. The van der Waals surface area contributed by atoms with Crippen molar-refractivity contribution in [2.45, 2.75) is 39.3 Å². The van der Waals surface area contributed by atoms with E-state index in [-0.39, 0.29) is 6.10 Å². The molecule has 4 heteroatoms. The second-order valence-electron chi connectivity index (χ2n) is 6.17. The van der Waals surface area contributed by atoms with Crippen molar-refractivity contribution in [2.24, 2.45) is 0 Å². The van der Waals surface area contributed by atoms with Gasteiger partial charge in [0.1, 0.15) is 0 Å². The minimum atomic E-state index is -0.227. The third kappa shape index (κ3) is 4.54. The molecule has 1 aliphatic heterocycles. The number of pyridine rings is 1. The maximum Gasteiger partial charge on any atom is 0.0639 e. The van der Waals surface area contributed by atoms with Crippen LogP contribution in [0.15, 0.2) is 18.3 Å². The maximum atomic E-state index is 9.41. The first-order valence-electron chi connectivity index (χ1n) is 7.62. The molecule has 1 saturated heterocycles. The van der Waals surface area contributed by atoms with Gasteiger partial charge >= 0.3 is 0 Å². The van der Waals surface area contributed by atoms with E-state index >= 15 is 0 Å². The van der Waals surface area contributed by atoms with Gasteiger partial charge in [0.2, 0.25) is 0 Å². The summed E-state index contributed by atoms with van der Waals surface area (Å²) >= 11 is 0. The summed E-state index contributed by atoms with van der Waals surface area (Å²) in [5, 5.41) is 9.41. The summed E-state index contributed by atoms with van der Waals surface area (Å²) in [7, 11) is 0. The molecule has 0 bridgehead atoms. The van der Waals surface area contributed by atoms with Gasteiger partial charge in [-0.1, -0.05) is 19.9 Å². The van der Waals surface area contributed by atoms with Crippen molar-refractivity contribution in [1.82, 2.24) is 14.8 Å². The molecule has 0 spiro atoms. The highest BCUT2D eigenvalue weighted by Gasteiger charge is 2.17. The Kier molecular flexibility index (Phi) is 5.52. The fourth-order valence-electron chi connectivity index (χ4n) is 2.63. The molecule has 20 heavy (non-hydrogen) atoms. The molecule has 0 radical (unpaired) electrons. The highest BCUT2D eigenvalue weighted by atomic mass is 16.3. The molecular weight excluding hydrogens is 250 g/mol. The first-order chi connectivity index (χ1) is 9.54. The zero-order valence-corrected chi connectivity index (χ0v) is 12.9. The van der Waals surface area contributed by atoms with Gasteiger partial charge in [0, 0.05) is 51.2 Å². The van der Waals surface area contributed by atoms with E-state index in [1.165, 1.54) is 5.56 Å². The molecule has 1 fully saturated rings. The Bertz CT molecular complexity index is 395. The molecule has 1 unspecified atom stereocenters. The van der Waals surface area contributed by atoms with Gasteiger partial charge in [-0.25, -0.2) is 0 Å². The Morgan fingerprint density at radius 3 is 2.25 bits per heavy atom. The number of aliphatic hydroxyl groups is 1. The summed E-state index contributed by atoms with van der Waals surface area (Å²) in [5.41, 5.74) is 2.45. The summed E-state index contributed by atoms with van der Waals surface area (Å²) in [5.74, 6) is 0.494. The second kappa shape index (κ2) is 7.16. The van der Waals surface area contributed by atoms with E-state index in [2.05, 4.69) is 40.8 Å². The molecule has 1 aromatic heterocycles. The number of rotatable bonds is 5. The van der Waals surface area contributed by atoms with E-state index in [1.54, 1.807) is 0 Å². The number of β-amino-alcohol motifs (C(OH)–C–C–N with tert-alkyl or cyclic N) is 1. The third-order valence-electron chi connectivity index (χ3n) is 3.83. The molecule has 4 nitrogen and oxygen atoms in total. The topological polar surface area (TPSA) is 39.6 Å². The predicted octanol–water partition coefficient (Wildman–Crippen LogP) is 1.70. The van der Waals surface area contributed by atoms with Gasteiger partial charge in [0.15, 0.2) is 0 Å². The molecule has 1 N–H and O–H groups in total. The number of aliphatic hydroxyl groups excluding tert-OH is 1. The Morgan fingerprint density at radius 1 is 1.10 bits per heavy atom. The normalized spacial score (nSPS) is 19.4. The number of nitrogens with zero attached hydrogens (tertiary/aromatic N) is 3. The van der Waals surface area contributed by atoms with E-state index in [9.17, 15) is 5.11 Å². The molecular formula is C16H27N3O. The van der Waals surface area contributed by atoms with Crippen LogP contribution < -0.4 is 0 Å². The standard InChI is InChI=1S/C16H27N3O/c1-13(2)16-5-4-15(10-17-16)12-19-8-6-18(7-9-19)11-14(3)20/h4-5,10,13-14,20H,6-9,11-12H2,1-3H3. The van der Waals surface area contributed by atoms with Crippen molar-refractivity contribution >= 4 is 0 Å². The summed E-state index contributed by atoms with van der Waals surface area (Å²) in [6.07, 6.45) is 1.78. The lowest BCUT2D eigenvalue weighted by Gasteiger charge is -2.35. The van der Waals surface area contributed by atoms with Gasteiger partial charge in [0.25, 0.3) is 0 Å². The highest BCUT2D eigenvalue weighted by Crippen LogP contribution is 2.13. The molecule has 0 aliphatic carbocycles. The average molecular weight is 277 g/mol. The minimum Gasteiger partial charge on any atom is -0.392 e. The van der Waals surface area contributed by atoms with Crippen molar-refractivity contribution < 1.29 is 5.11 Å². The fraction of sp³-hybridized carbons (Fsp3) is 0.688. The van der Waals surface area contributed by atoms with E-state index in [4.69, 9.17) is 0 Å².